The molecular formula is C59H100N5O19PS2. The van der Waals surface area contributed by atoms with Crippen molar-refractivity contribution in [3.8, 4) is 0 Å². The van der Waals surface area contributed by atoms with Gasteiger partial charge in [-0.1, -0.05) is 45.0 Å². The molecule has 5 N–H and O–H groups in total. The molecule has 492 valence electrons. The lowest BCUT2D eigenvalue weighted by Crippen LogP contribution is -2.64. The topological polar surface area (TPSA) is 294 Å². The van der Waals surface area contributed by atoms with E-state index in [9.17, 15) is 34.3 Å². The van der Waals surface area contributed by atoms with Gasteiger partial charge in [0.05, 0.1) is 108 Å². The van der Waals surface area contributed by atoms with Crippen molar-refractivity contribution in [2.45, 2.75) is 255 Å². The molecule has 2 aromatic rings. The largest absolute Gasteiger partial charge is 0.475 e. The SMILES string of the molecule is CC(=O)NC1C(OCCCCC(=O)CCCOCCOCCOCCn2cc(CNC(=O)CCC(C)(C)SSc3ccccc3CCOP(=O)(OC(C)[C@H]3O[C@@H](C)C[C@H]3OC(C)C)O[C@@H]3C[C@H](C)O[C@@H]3C(C)OC(C)C)nn2)OC(CO)C(O)C1O. The molecule has 3 fully saturated rings. The average Bonchev–Trinajstić information content (AvgIpc) is 2.32. The van der Waals surface area contributed by atoms with Crippen molar-refractivity contribution in [1.29, 1.82) is 0 Å². The number of amides is 2. The van der Waals surface area contributed by atoms with Crippen LogP contribution in [0.1, 0.15) is 145 Å². The Kier molecular flexibility index (Phi) is 32.9. The van der Waals surface area contributed by atoms with Crippen LogP contribution in [0, 0.1) is 0 Å². The lowest BCUT2D eigenvalue weighted by atomic mass is 9.97. The van der Waals surface area contributed by atoms with Crippen LogP contribution in [-0.2, 0) is 94.7 Å². The maximum Gasteiger partial charge on any atom is 0.475 e. The molecule has 14 atom stereocenters. The Hall–Kier alpha value is -2.70. The number of aromatic nitrogens is 3. The minimum Gasteiger partial charge on any atom is -0.394 e. The third-order valence-electron chi connectivity index (χ3n) is 14.4. The van der Waals surface area contributed by atoms with Crippen molar-refractivity contribution in [3.05, 3.63) is 41.7 Å². The molecule has 3 aliphatic rings. The van der Waals surface area contributed by atoms with Crippen LogP contribution >= 0.6 is 29.4 Å². The third kappa shape index (κ3) is 26.6. The van der Waals surface area contributed by atoms with Gasteiger partial charge in [0.2, 0.25) is 11.8 Å². The number of nitrogens with zero attached hydrogens (tertiary/aromatic N) is 3. The van der Waals surface area contributed by atoms with E-state index in [0.717, 1.165) is 10.5 Å². The predicted octanol–water partition coefficient (Wildman–Crippen LogP) is 6.84. The summed E-state index contributed by atoms with van der Waals surface area (Å²) in [4.78, 5) is 38.0. The lowest BCUT2D eigenvalue weighted by Gasteiger charge is -2.42. The summed E-state index contributed by atoms with van der Waals surface area (Å²) in [6.07, 6.45) is -1.12. The molecule has 1 aromatic carbocycles. The highest BCUT2D eigenvalue weighted by Gasteiger charge is 2.48. The number of hydrogen-bond acceptors (Lipinski definition) is 23. The van der Waals surface area contributed by atoms with Crippen LogP contribution in [0.25, 0.3) is 0 Å². The summed E-state index contributed by atoms with van der Waals surface area (Å²) in [7, 11) is -0.906. The first-order valence-electron chi connectivity index (χ1n) is 30.5. The van der Waals surface area contributed by atoms with Crippen molar-refractivity contribution in [2.24, 2.45) is 0 Å². The standard InChI is InChI=1S/C59H100N5O19PS2/c1-38(2)77-42(7)56-49(34-41(6)79-56)83-84(71,82-43(8)57-48(78-39(3)4)33-40(5)80-57)76-27-22-45-17-12-13-20-51(45)85-86-59(10,11)23-21-52(68)60-35-46-36-64(63-62-46)24-28-73-30-32-74-31-29-72-25-16-19-47(67)18-14-15-26-75-58-53(61-44(9)66)55(70)54(69)50(37-65)81-58/h12-13,17,20,36,38-43,48-50,53-58,65,69-70H,14-16,18-19,21-35,37H2,1-11H3,(H,60,68)(H,61,66)/t40-,41-,42?,43?,48+,49+,50?,53?,54?,55?,56+,57+,58?,84?/m0/s1. The zero-order valence-electron chi connectivity index (χ0n) is 52.4. The Balaban J connectivity index is 0.920. The van der Waals surface area contributed by atoms with Crippen LogP contribution in [0.5, 0.6) is 0 Å². The molecule has 27 heteroatoms. The van der Waals surface area contributed by atoms with Crippen LogP contribution in [-0.4, -0.2) is 204 Å². The summed E-state index contributed by atoms with van der Waals surface area (Å²) >= 11 is 0. The number of benzene rings is 1. The highest BCUT2D eigenvalue weighted by molar-refractivity contribution is 8.77. The van der Waals surface area contributed by atoms with Crippen molar-refractivity contribution in [2.75, 3.05) is 59.5 Å². The fourth-order valence-corrected chi connectivity index (χ4v) is 14.2. The number of aliphatic hydroxyl groups excluding tert-OH is 3. The van der Waals surface area contributed by atoms with Gasteiger partial charge >= 0.3 is 7.82 Å². The number of carbonyl (C=O) groups is 3. The van der Waals surface area contributed by atoms with Crippen LogP contribution < -0.4 is 10.6 Å². The Bertz CT molecular complexity index is 2340. The molecule has 5 rings (SSSR count). The average molecular weight is 1280 g/mol. The minimum atomic E-state index is -4.22. The Morgan fingerprint density at radius 3 is 2.16 bits per heavy atom. The Labute approximate surface area is 516 Å². The highest BCUT2D eigenvalue weighted by atomic mass is 33.1. The molecule has 8 unspecified atom stereocenters. The van der Waals surface area contributed by atoms with Crippen molar-refractivity contribution in [1.82, 2.24) is 25.6 Å². The van der Waals surface area contributed by atoms with Gasteiger partial charge in [-0.15, -0.1) is 5.10 Å². The third-order valence-corrected chi connectivity index (χ3v) is 19.4. The van der Waals surface area contributed by atoms with Gasteiger partial charge in [0, 0.05) is 61.9 Å². The summed E-state index contributed by atoms with van der Waals surface area (Å²) < 4.78 is 88.2. The van der Waals surface area contributed by atoms with Gasteiger partial charge < -0.3 is 68.6 Å². The summed E-state index contributed by atoms with van der Waals surface area (Å²) in [6, 6.07) is 7.03. The van der Waals surface area contributed by atoms with Crippen LogP contribution in [0.2, 0.25) is 0 Å². The van der Waals surface area contributed by atoms with Gasteiger partial charge in [0.1, 0.15) is 54.1 Å². The molecule has 0 saturated carbocycles. The second kappa shape index (κ2) is 38.2. The van der Waals surface area contributed by atoms with E-state index in [-0.39, 0.29) is 72.8 Å². The highest BCUT2D eigenvalue weighted by Crippen LogP contribution is 2.55. The first kappa shape index (κ1) is 74.0. The number of aliphatic hydroxyl groups is 3. The quantitative estimate of drug-likeness (QED) is 0.0258. The van der Waals surface area contributed by atoms with E-state index < -0.39 is 75.4 Å². The molecule has 2 amide bonds. The van der Waals surface area contributed by atoms with Gasteiger partial charge in [-0.25, -0.2) is 9.25 Å². The molecule has 0 spiro atoms. The van der Waals surface area contributed by atoms with Crippen LogP contribution in [0.15, 0.2) is 35.4 Å². The van der Waals surface area contributed by atoms with Gasteiger partial charge in [0.25, 0.3) is 0 Å². The van der Waals surface area contributed by atoms with Crippen molar-refractivity contribution >= 4 is 47.0 Å². The number of ether oxygens (including phenoxy) is 9. The van der Waals surface area contributed by atoms with Crippen molar-refractivity contribution in [3.63, 3.8) is 0 Å². The van der Waals surface area contributed by atoms with Gasteiger partial charge in [-0.05, 0) is 113 Å². The van der Waals surface area contributed by atoms with Gasteiger partial charge in [0.15, 0.2) is 6.29 Å². The molecule has 4 heterocycles. The summed E-state index contributed by atoms with van der Waals surface area (Å²) in [5, 5.41) is 43.9. The van der Waals surface area contributed by atoms with E-state index in [1.54, 1.807) is 32.5 Å². The molecule has 24 nitrogen and oxygen atoms in total. The molecule has 0 aliphatic carbocycles. The van der Waals surface area contributed by atoms with Crippen LogP contribution in [0.4, 0.5) is 0 Å². The van der Waals surface area contributed by atoms with E-state index in [1.807, 2.05) is 79.7 Å². The van der Waals surface area contributed by atoms with E-state index >= 15 is 0 Å². The summed E-state index contributed by atoms with van der Waals surface area (Å²) in [6.45, 7) is 23.9. The minimum absolute atomic E-state index is 0.0263. The van der Waals surface area contributed by atoms with Gasteiger partial charge in [-0.3, -0.25) is 28.0 Å². The zero-order valence-corrected chi connectivity index (χ0v) is 54.9. The van der Waals surface area contributed by atoms with Crippen molar-refractivity contribution < 1.29 is 90.5 Å². The van der Waals surface area contributed by atoms with Crippen LogP contribution in [0.3, 0.4) is 0 Å². The number of hydrogen-bond donors (Lipinski definition) is 5. The first-order chi connectivity index (χ1) is 40.9. The predicted molar refractivity (Wildman–Crippen MR) is 323 cm³/mol. The second-order valence-electron chi connectivity index (χ2n) is 23.4. The number of phosphoric ester groups is 1. The molecule has 3 saturated heterocycles. The van der Waals surface area contributed by atoms with E-state index in [1.165, 1.54) is 6.92 Å². The monoisotopic (exact) mass is 1280 g/mol. The van der Waals surface area contributed by atoms with E-state index in [2.05, 4.69) is 34.8 Å². The van der Waals surface area contributed by atoms with E-state index in [4.69, 9.17) is 56.2 Å². The number of carbonyl (C=O) groups excluding carboxylic acids is 3. The number of ketones is 1. The summed E-state index contributed by atoms with van der Waals surface area (Å²) in [5.74, 6) is -0.413. The Morgan fingerprint density at radius 2 is 1.48 bits per heavy atom. The molecular weight excluding hydrogens is 1180 g/mol. The number of phosphoric acid groups is 1. The molecule has 0 radical (unpaired) electrons. The molecule has 1 aromatic heterocycles. The lowest BCUT2D eigenvalue weighted by molar-refractivity contribution is -0.270. The second-order valence-corrected chi connectivity index (χ2v) is 27.9. The molecule has 3 aliphatic heterocycles. The Morgan fingerprint density at radius 1 is 0.814 bits per heavy atom. The fraction of sp³-hybridized carbons (Fsp3) is 0.814. The normalized spacial score (nSPS) is 25.8. The van der Waals surface area contributed by atoms with Gasteiger partial charge in [-0.2, -0.15) is 0 Å². The number of rotatable bonds is 43. The summed E-state index contributed by atoms with van der Waals surface area (Å²) in [5.41, 5.74) is 1.64. The number of unbranched alkanes of at least 4 members (excludes halogenated alkanes) is 1. The maximum atomic E-state index is 14.9. The smallest absolute Gasteiger partial charge is 0.394 e. The number of Topliss-reactive ketones (excluding diaryl/α,β-unsaturated/α-hetero) is 1. The molecule has 86 heavy (non-hydrogen) atoms. The van der Waals surface area contributed by atoms with E-state index in [0.29, 0.717) is 116 Å². The fourth-order valence-electron chi connectivity index (χ4n) is 10.1. The molecule has 0 bridgehead atoms. The number of nitrogens with one attached hydrogen (secondary N) is 2. The maximum absolute atomic E-state index is 14.9. The first-order valence-corrected chi connectivity index (χ1v) is 34.1. The zero-order chi connectivity index (χ0) is 62.8.